The van der Waals surface area contributed by atoms with Gasteiger partial charge >= 0.3 is 0 Å². The summed E-state index contributed by atoms with van der Waals surface area (Å²) >= 11 is 0. The van der Waals surface area contributed by atoms with Crippen molar-refractivity contribution < 1.29 is 4.79 Å². The number of nitrogens with one attached hydrogen (secondary N) is 1. The van der Waals surface area contributed by atoms with E-state index in [9.17, 15) is 4.79 Å². The Kier molecular flexibility index (Phi) is 4.24. The second-order valence-electron chi connectivity index (χ2n) is 5.52. The number of hydrogen-bond acceptors (Lipinski definition) is 5. The second kappa shape index (κ2) is 6.48. The smallest absolute Gasteiger partial charge is 0.219 e. The zero-order chi connectivity index (χ0) is 16.2. The SMILES string of the molecule is CC(=O)N1CCCn2nc(CNc3cccc(C#N)n3)cc2C1. The second-order valence-corrected chi connectivity index (χ2v) is 5.52. The minimum absolute atomic E-state index is 0.0943. The summed E-state index contributed by atoms with van der Waals surface area (Å²) in [5.74, 6) is 0.745. The Morgan fingerprint density at radius 2 is 2.30 bits per heavy atom. The van der Waals surface area contributed by atoms with Crippen LogP contribution in [0.2, 0.25) is 0 Å². The van der Waals surface area contributed by atoms with Crippen LogP contribution in [0, 0.1) is 11.3 Å². The van der Waals surface area contributed by atoms with Crippen molar-refractivity contribution in [2.24, 2.45) is 0 Å². The number of nitriles is 1. The molecule has 1 aliphatic heterocycles. The molecule has 0 fully saturated rings. The Morgan fingerprint density at radius 1 is 1.43 bits per heavy atom. The summed E-state index contributed by atoms with van der Waals surface area (Å²) in [6.07, 6.45) is 0.910. The molecule has 1 amide bonds. The summed E-state index contributed by atoms with van der Waals surface area (Å²) in [6.45, 7) is 4.33. The quantitative estimate of drug-likeness (QED) is 0.928. The van der Waals surface area contributed by atoms with Crippen LogP contribution >= 0.6 is 0 Å². The molecule has 0 saturated carbocycles. The number of aromatic nitrogens is 3. The maximum atomic E-state index is 11.6. The summed E-state index contributed by atoms with van der Waals surface area (Å²) in [4.78, 5) is 17.6. The van der Waals surface area contributed by atoms with Gasteiger partial charge in [0.1, 0.15) is 17.6 Å². The monoisotopic (exact) mass is 310 g/mol. The van der Waals surface area contributed by atoms with E-state index < -0.39 is 0 Å². The Bertz CT molecular complexity index is 760. The van der Waals surface area contributed by atoms with Crippen molar-refractivity contribution in [3.05, 3.63) is 41.3 Å². The zero-order valence-electron chi connectivity index (χ0n) is 13.0. The molecular formula is C16H18N6O. The summed E-state index contributed by atoms with van der Waals surface area (Å²) < 4.78 is 1.97. The molecule has 0 aliphatic carbocycles. The first-order valence-corrected chi connectivity index (χ1v) is 7.58. The van der Waals surface area contributed by atoms with Crippen molar-refractivity contribution >= 4 is 11.7 Å². The molecule has 23 heavy (non-hydrogen) atoms. The number of pyridine rings is 1. The van der Waals surface area contributed by atoms with Gasteiger partial charge in [-0.25, -0.2) is 4.98 Å². The lowest BCUT2D eigenvalue weighted by Crippen LogP contribution is -2.28. The highest BCUT2D eigenvalue weighted by atomic mass is 16.2. The molecule has 0 radical (unpaired) electrons. The molecule has 7 nitrogen and oxygen atoms in total. The third-order valence-corrected chi connectivity index (χ3v) is 3.82. The van der Waals surface area contributed by atoms with Gasteiger partial charge in [-0.1, -0.05) is 6.07 Å². The van der Waals surface area contributed by atoms with E-state index >= 15 is 0 Å². The molecule has 0 unspecified atom stereocenters. The molecule has 3 heterocycles. The number of carbonyl (C=O) groups excluding carboxylic acids is 1. The third-order valence-electron chi connectivity index (χ3n) is 3.82. The van der Waals surface area contributed by atoms with Crippen LogP contribution in [0.5, 0.6) is 0 Å². The van der Waals surface area contributed by atoms with E-state index in [1.807, 2.05) is 27.8 Å². The van der Waals surface area contributed by atoms with E-state index in [2.05, 4.69) is 15.4 Å². The highest BCUT2D eigenvalue weighted by Crippen LogP contribution is 2.15. The normalized spacial score (nSPS) is 13.8. The summed E-state index contributed by atoms with van der Waals surface area (Å²) in [7, 11) is 0. The number of nitrogens with zero attached hydrogens (tertiary/aromatic N) is 5. The van der Waals surface area contributed by atoms with Crippen LogP contribution in [0.3, 0.4) is 0 Å². The van der Waals surface area contributed by atoms with E-state index in [-0.39, 0.29) is 5.91 Å². The van der Waals surface area contributed by atoms with Gasteiger partial charge in [0.2, 0.25) is 5.91 Å². The fourth-order valence-electron chi connectivity index (χ4n) is 2.65. The molecule has 0 aromatic carbocycles. The zero-order valence-corrected chi connectivity index (χ0v) is 13.0. The number of rotatable bonds is 3. The van der Waals surface area contributed by atoms with Crippen molar-refractivity contribution in [1.82, 2.24) is 19.7 Å². The van der Waals surface area contributed by atoms with Crippen LogP contribution in [-0.2, 0) is 24.4 Å². The van der Waals surface area contributed by atoms with Gasteiger partial charge in [-0.2, -0.15) is 10.4 Å². The largest absolute Gasteiger partial charge is 0.364 e. The molecule has 1 aliphatic rings. The third kappa shape index (κ3) is 3.48. The summed E-state index contributed by atoms with van der Waals surface area (Å²) in [6, 6.07) is 9.31. The number of fused-ring (bicyclic) bond motifs is 1. The average molecular weight is 310 g/mol. The molecule has 0 spiro atoms. The predicted octanol–water partition coefficient (Wildman–Crippen LogP) is 1.51. The molecule has 118 valence electrons. The molecule has 0 bridgehead atoms. The highest BCUT2D eigenvalue weighted by Gasteiger charge is 2.18. The maximum Gasteiger partial charge on any atom is 0.219 e. The Labute approximate surface area is 134 Å². The van der Waals surface area contributed by atoms with Crippen LogP contribution in [0.15, 0.2) is 24.3 Å². The number of amides is 1. The Hall–Kier alpha value is -2.88. The standard InChI is InChI=1S/C16H18N6O/c1-12(23)21-6-3-7-22-15(11-21)8-14(20-22)10-18-16-5-2-4-13(9-17)19-16/h2,4-5,8H,3,6-7,10-11H2,1H3,(H,18,19). The number of carbonyl (C=O) groups is 1. The lowest BCUT2D eigenvalue weighted by atomic mass is 10.3. The fraction of sp³-hybridized carbons (Fsp3) is 0.375. The van der Waals surface area contributed by atoms with Crippen LogP contribution in [-0.4, -0.2) is 32.1 Å². The predicted molar refractivity (Wildman–Crippen MR) is 84.2 cm³/mol. The average Bonchev–Trinajstić information content (AvgIpc) is 2.83. The van der Waals surface area contributed by atoms with Gasteiger partial charge in [0.25, 0.3) is 0 Å². The van der Waals surface area contributed by atoms with Crippen molar-refractivity contribution in [3.63, 3.8) is 0 Å². The molecular weight excluding hydrogens is 292 g/mol. The Morgan fingerprint density at radius 3 is 3.09 bits per heavy atom. The molecule has 0 atom stereocenters. The Balaban J connectivity index is 1.69. The molecule has 7 heteroatoms. The topological polar surface area (TPSA) is 86.8 Å². The fourth-order valence-corrected chi connectivity index (χ4v) is 2.65. The number of anilines is 1. The lowest BCUT2D eigenvalue weighted by Gasteiger charge is -2.17. The van der Waals surface area contributed by atoms with Crippen LogP contribution < -0.4 is 5.32 Å². The number of aryl methyl sites for hydroxylation is 1. The van der Waals surface area contributed by atoms with Crippen molar-refractivity contribution in [3.8, 4) is 6.07 Å². The lowest BCUT2D eigenvalue weighted by molar-refractivity contribution is -0.129. The van der Waals surface area contributed by atoms with Gasteiger partial charge in [0.15, 0.2) is 0 Å². The summed E-state index contributed by atoms with van der Waals surface area (Å²) in [5.41, 5.74) is 2.33. The molecule has 0 saturated heterocycles. The highest BCUT2D eigenvalue weighted by molar-refractivity contribution is 5.73. The van der Waals surface area contributed by atoms with E-state index in [4.69, 9.17) is 5.26 Å². The summed E-state index contributed by atoms with van der Waals surface area (Å²) in [5, 5.41) is 16.6. The maximum absolute atomic E-state index is 11.6. The van der Waals surface area contributed by atoms with Crippen molar-refractivity contribution in [1.29, 1.82) is 5.26 Å². The van der Waals surface area contributed by atoms with Gasteiger partial charge in [-0.05, 0) is 24.6 Å². The van der Waals surface area contributed by atoms with Crippen LogP contribution in [0.25, 0.3) is 0 Å². The van der Waals surface area contributed by atoms with E-state index in [0.29, 0.717) is 24.6 Å². The van der Waals surface area contributed by atoms with Gasteiger partial charge in [0, 0.05) is 20.0 Å². The molecule has 3 rings (SSSR count). The van der Waals surface area contributed by atoms with Gasteiger partial charge in [-0.3, -0.25) is 9.48 Å². The molecule has 2 aromatic heterocycles. The minimum Gasteiger partial charge on any atom is -0.364 e. The van der Waals surface area contributed by atoms with Gasteiger partial charge in [-0.15, -0.1) is 0 Å². The first-order valence-electron chi connectivity index (χ1n) is 7.58. The van der Waals surface area contributed by atoms with Crippen molar-refractivity contribution in [2.75, 3.05) is 11.9 Å². The number of hydrogen-bond donors (Lipinski definition) is 1. The van der Waals surface area contributed by atoms with E-state index in [1.54, 1.807) is 19.1 Å². The first-order chi connectivity index (χ1) is 11.2. The first kappa shape index (κ1) is 15.0. The molecule has 1 N–H and O–H groups in total. The van der Waals surface area contributed by atoms with E-state index in [0.717, 1.165) is 30.9 Å². The van der Waals surface area contributed by atoms with E-state index in [1.165, 1.54) is 0 Å². The minimum atomic E-state index is 0.0943. The van der Waals surface area contributed by atoms with Gasteiger partial charge < -0.3 is 10.2 Å². The van der Waals surface area contributed by atoms with Crippen LogP contribution in [0.4, 0.5) is 5.82 Å². The van der Waals surface area contributed by atoms with Gasteiger partial charge in [0.05, 0.1) is 24.5 Å². The van der Waals surface area contributed by atoms with Crippen LogP contribution in [0.1, 0.15) is 30.4 Å². The van der Waals surface area contributed by atoms with Crippen molar-refractivity contribution in [2.45, 2.75) is 33.0 Å². The molecule has 2 aromatic rings.